The zero-order valence-corrected chi connectivity index (χ0v) is 12.5. The maximum Gasteiger partial charge on any atom is 0.256 e. The number of hydrogen-bond donors (Lipinski definition) is 1. The summed E-state index contributed by atoms with van der Waals surface area (Å²) in [4.78, 5) is 26.0. The minimum Gasteiger partial charge on any atom is -0.495 e. The quantitative estimate of drug-likeness (QED) is 0.881. The first-order valence-corrected chi connectivity index (χ1v) is 7.12. The van der Waals surface area contributed by atoms with Gasteiger partial charge in [-0.2, -0.15) is 0 Å². The van der Waals surface area contributed by atoms with Crippen molar-refractivity contribution in [1.82, 2.24) is 0 Å². The number of carbonyl (C=O) groups is 2. The summed E-state index contributed by atoms with van der Waals surface area (Å²) in [7, 11) is 1.48. The molecule has 1 aliphatic heterocycles. The van der Waals surface area contributed by atoms with E-state index in [2.05, 4.69) is 5.32 Å². The normalized spacial score (nSPS) is 17.5. The van der Waals surface area contributed by atoms with E-state index in [4.69, 9.17) is 4.74 Å². The standard InChI is InChI=1S/C17H15FN2O3/c1-23-15-5-3-2-4-14(15)20-16(21)10-13(17(20)22)19-12-8-6-11(18)7-9-12/h2-9,13,19H,10H2,1H3/t13-/m1/s1. The Bertz CT molecular complexity index is 746. The molecule has 1 aliphatic rings. The SMILES string of the molecule is COc1ccccc1N1C(=O)C[C@@H](Nc2ccc(F)cc2)C1=O. The van der Waals surface area contributed by atoms with Crippen LogP contribution in [-0.2, 0) is 9.59 Å². The zero-order valence-electron chi connectivity index (χ0n) is 12.5. The van der Waals surface area contributed by atoms with Crippen molar-refractivity contribution in [3.05, 3.63) is 54.3 Å². The van der Waals surface area contributed by atoms with Crippen LogP contribution in [-0.4, -0.2) is 25.0 Å². The van der Waals surface area contributed by atoms with E-state index in [1.165, 1.54) is 31.4 Å². The first-order chi connectivity index (χ1) is 11.1. The minimum absolute atomic E-state index is 0.0360. The molecule has 23 heavy (non-hydrogen) atoms. The van der Waals surface area contributed by atoms with Crippen molar-refractivity contribution in [2.24, 2.45) is 0 Å². The molecule has 0 aliphatic carbocycles. The fraction of sp³-hybridized carbons (Fsp3) is 0.176. The number of anilines is 2. The second kappa shape index (κ2) is 6.08. The highest BCUT2D eigenvalue weighted by Crippen LogP contribution is 2.32. The highest BCUT2D eigenvalue weighted by Gasteiger charge is 2.40. The van der Waals surface area contributed by atoms with Crippen LogP contribution < -0.4 is 15.0 Å². The smallest absolute Gasteiger partial charge is 0.256 e. The summed E-state index contributed by atoms with van der Waals surface area (Å²) in [6, 6.07) is 11.8. The van der Waals surface area contributed by atoms with Crippen LogP contribution in [0, 0.1) is 5.82 Å². The maximum atomic E-state index is 12.9. The van der Waals surface area contributed by atoms with Crippen LogP contribution in [0.2, 0.25) is 0 Å². The summed E-state index contributed by atoms with van der Waals surface area (Å²) >= 11 is 0. The number of rotatable bonds is 4. The number of para-hydroxylation sites is 2. The zero-order chi connectivity index (χ0) is 16.4. The molecule has 0 unspecified atom stereocenters. The Morgan fingerprint density at radius 3 is 2.52 bits per heavy atom. The number of methoxy groups -OCH3 is 1. The van der Waals surface area contributed by atoms with E-state index in [0.29, 0.717) is 17.1 Å². The maximum absolute atomic E-state index is 12.9. The number of hydrogen-bond acceptors (Lipinski definition) is 4. The molecular formula is C17H15FN2O3. The van der Waals surface area contributed by atoms with E-state index in [1.807, 2.05) is 0 Å². The molecule has 2 aromatic rings. The lowest BCUT2D eigenvalue weighted by Crippen LogP contribution is -2.35. The first kappa shape index (κ1) is 15.0. The molecule has 1 heterocycles. The van der Waals surface area contributed by atoms with Gasteiger partial charge in [0.05, 0.1) is 19.2 Å². The van der Waals surface area contributed by atoms with Crippen molar-refractivity contribution in [2.75, 3.05) is 17.3 Å². The Labute approximate surface area is 132 Å². The van der Waals surface area contributed by atoms with Gasteiger partial charge in [-0.15, -0.1) is 0 Å². The van der Waals surface area contributed by atoms with Gasteiger partial charge in [-0.1, -0.05) is 12.1 Å². The van der Waals surface area contributed by atoms with Gasteiger partial charge >= 0.3 is 0 Å². The highest BCUT2D eigenvalue weighted by molar-refractivity contribution is 6.23. The lowest BCUT2D eigenvalue weighted by atomic mass is 10.2. The molecule has 6 heteroatoms. The Balaban J connectivity index is 1.84. The monoisotopic (exact) mass is 314 g/mol. The lowest BCUT2D eigenvalue weighted by Gasteiger charge is -2.18. The number of ether oxygens (including phenoxy) is 1. The number of nitrogens with zero attached hydrogens (tertiary/aromatic N) is 1. The first-order valence-electron chi connectivity index (χ1n) is 7.12. The van der Waals surface area contributed by atoms with Crippen LogP contribution in [0.5, 0.6) is 5.75 Å². The summed E-state index contributed by atoms with van der Waals surface area (Å²) in [5.41, 5.74) is 1.01. The van der Waals surface area contributed by atoms with Crippen LogP contribution in [0.4, 0.5) is 15.8 Å². The van der Waals surface area contributed by atoms with Gasteiger partial charge in [-0.25, -0.2) is 9.29 Å². The van der Waals surface area contributed by atoms with Crippen LogP contribution in [0.3, 0.4) is 0 Å². The Kier molecular flexibility index (Phi) is 3.97. The van der Waals surface area contributed by atoms with Crippen molar-refractivity contribution < 1.29 is 18.7 Å². The number of benzene rings is 2. The number of carbonyl (C=O) groups excluding carboxylic acids is 2. The largest absolute Gasteiger partial charge is 0.495 e. The fourth-order valence-corrected chi connectivity index (χ4v) is 2.56. The van der Waals surface area contributed by atoms with Crippen LogP contribution >= 0.6 is 0 Å². The number of halogens is 1. The summed E-state index contributed by atoms with van der Waals surface area (Å²) in [5.74, 6) is -0.570. The van der Waals surface area contributed by atoms with E-state index in [0.717, 1.165) is 4.90 Å². The number of imide groups is 1. The van der Waals surface area contributed by atoms with E-state index in [-0.39, 0.29) is 24.1 Å². The molecule has 1 fully saturated rings. The molecule has 2 amide bonds. The van der Waals surface area contributed by atoms with Crippen LogP contribution in [0.15, 0.2) is 48.5 Å². The van der Waals surface area contributed by atoms with Gasteiger partial charge in [0.1, 0.15) is 17.6 Å². The molecule has 0 saturated carbocycles. The molecule has 0 bridgehead atoms. The van der Waals surface area contributed by atoms with Crippen molar-refractivity contribution in [3.63, 3.8) is 0 Å². The van der Waals surface area contributed by atoms with E-state index < -0.39 is 6.04 Å². The van der Waals surface area contributed by atoms with Gasteiger partial charge in [-0.05, 0) is 36.4 Å². The lowest BCUT2D eigenvalue weighted by molar-refractivity contribution is -0.121. The predicted molar refractivity (Wildman–Crippen MR) is 83.9 cm³/mol. The molecule has 5 nitrogen and oxygen atoms in total. The van der Waals surface area contributed by atoms with E-state index >= 15 is 0 Å². The summed E-state index contributed by atoms with van der Waals surface area (Å²) in [6.07, 6.45) is 0.0360. The third-order valence-corrected chi connectivity index (χ3v) is 3.66. The third-order valence-electron chi connectivity index (χ3n) is 3.66. The summed E-state index contributed by atoms with van der Waals surface area (Å²) in [5, 5.41) is 2.97. The molecule has 0 spiro atoms. The van der Waals surface area contributed by atoms with Gasteiger partial charge in [0.25, 0.3) is 5.91 Å². The van der Waals surface area contributed by atoms with Gasteiger partial charge in [0.15, 0.2) is 0 Å². The second-order valence-electron chi connectivity index (χ2n) is 5.15. The average Bonchev–Trinajstić information content (AvgIpc) is 2.83. The molecule has 1 N–H and O–H groups in total. The summed E-state index contributed by atoms with van der Waals surface area (Å²) < 4.78 is 18.1. The van der Waals surface area contributed by atoms with Gasteiger partial charge in [0, 0.05) is 5.69 Å². The fourth-order valence-electron chi connectivity index (χ4n) is 2.56. The Hall–Kier alpha value is -2.89. The second-order valence-corrected chi connectivity index (χ2v) is 5.15. The molecule has 0 radical (unpaired) electrons. The molecule has 118 valence electrons. The van der Waals surface area contributed by atoms with Gasteiger partial charge in [-0.3, -0.25) is 9.59 Å². The number of nitrogens with one attached hydrogen (secondary N) is 1. The predicted octanol–water partition coefficient (Wildman–Crippen LogP) is 2.58. The summed E-state index contributed by atoms with van der Waals surface area (Å²) in [6.45, 7) is 0. The molecule has 0 aromatic heterocycles. The van der Waals surface area contributed by atoms with Crippen molar-refractivity contribution in [1.29, 1.82) is 0 Å². The van der Waals surface area contributed by atoms with Crippen LogP contribution in [0.1, 0.15) is 6.42 Å². The van der Waals surface area contributed by atoms with Crippen molar-refractivity contribution in [2.45, 2.75) is 12.5 Å². The van der Waals surface area contributed by atoms with Crippen molar-refractivity contribution in [3.8, 4) is 5.75 Å². The van der Waals surface area contributed by atoms with Gasteiger partial charge in [0.2, 0.25) is 5.91 Å². The average molecular weight is 314 g/mol. The minimum atomic E-state index is -0.683. The third kappa shape index (κ3) is 2.88. The Morgan fingerprint density at radius 2 is 1.83 bits per heavy atom. The Morgan fingerprint density at radius 1 is 1.13 bits per heavy atom. The van der Waals surface area contributed by atoms with E-state index in [9.17, 15) is 14.0 Å². The molecule has 3 rings (SSSR count). The molecule has 1 saturated heterocycles. The molecule has 1 atom stereocenters. The molecular weight excluding hydrogens is 299 g/mol. The highest BCUT2D eigenvalue weighted by atomic mass is 19.1. The van der Waals surface area contributed by atoms with E-state index in [1.54, 1.807) is 24.3 Å². The van der Waals surface area contributed by atoms with Crippen LogP contribution in [0.25, 0.3) is 0 Å². The van der Waals surface area contributed by atoms with Gasteiger partial charge < -0.3 is 10.1 Å². The number of amides is 2. The van der Waals surface area contributed by atoms with Crippen molar-refractivity contribution >= 4 is 23.2 Å². The molecule has 2 aromatic carbocycles. The topological polar surface area (TPSA) is 58.6 Å².